The molecule has 0 bridgehead atoms. The summed E-state index contributed by atoms with van der Waals surface area (Å²) in [5, 5.41) is 16.1. The first kappa shape index (κ1) is 25.1. The van der Waals surface area contributed by atoms with E-state index in [9.17, 15) is 10.1 Å². The van der Waals surface area contributed by atoms with E-state index in [1.807, 2.05) is 108 Å². The summed E-state index contributed by atoms with van der Waals surface area (Å²) in [6, 6.07) is 31.5. The molecule has 0 radical (unpaired) electrons. The van der Waals surface area contributed by atoms with Crippen LogP contribution in [0.1, 0.15) is 17.2 Å². The third kappa shape index (κ3) is 5.69. The second-order valence-electron chi connectivity index (χ2n) is 8.98. The lowest BCUT2D eigenvalue weighted by Gasteiger charge is -2.42. The minimum absolute atomic E-state index is 0.148. The Hall–Kier alpha value is -4.61. The number of nitriles is 1. The number of urea groups is 1. The van der Waals surface area contributed by atoms with Crippen molar-refractivity contribution < 1.29 is 4.79 Å². The van der Waals surface area contributed by atoms with E-state index in [1.54, 1.807) is 11.3 Å². The smallest absolute Gasteiger partial charge is 0.323 e. The van der Waals surface area contributed by atoms with Crippen LogP contribution >= 0.6 is 11.3 Å². The van der Waals surface area contributed by atoms with E-state index in [-0.39, 0.29) is 12.1 Å². The van der Waals surface area contributed by atoms with Gasteiger partial charge in [-0.3, -0.25) is 10.6 Å². The van der Waals surface area contributed by atoms with Crippen molar-refractivity contribution in [3.8, 4) is 16.6 Å². The van der Waals surface area contributed by atoms with E-state index < -0.39 is 0 Å². The number of piperazine rings is 1. The number of carbonyl (C=O) groups excluding carboxylic acids is 1. The van der Waals surface area contributed by atoms with Gasteiger partial charge in [0.05, 0.1) is 16.7 Å². The first-order valence-corrected chi connectivity index (χ1v) is 13.3. The third-order valence-electron chi connectivity index (χ3n) is 6.53. The van der Waals surface area contributed by atoms with Gasteiger partial charge in [0.2, 0.25) is 5.96 Å². The highest BCUT2D eigenvalue weighted by atomic mass is 32.1. The summed E-state index contributed by atoms with van der Waals surface area (Å²) < 4.78 is 0. The van der Waals surface area contributed by atoms with E-state index >= 15 is 0 Å². The van der Waals surface area contributed by atoms with Crippen molar-refractivity contribution in [3.63, 3.8) is 0 Å². The van der Waals surface area contributed by atoms with Gasteiger partial charge in [-0.2, -0.15) is 5.26 Å². The van der Waals surface area contributed by atoms with Crippen molar-refractivity contribution in [2.75, 3.05) is 25.0 Å². The maximum absolute atomic E-state index is 13.5. The number of benzene rings is 3. The summed E-state index contributed by atoms with van der Waals surface area (Å²) in [6.45, 7) is 3.50. The number of guanidine groups is 1. The zero-order valence-corrected chi connectivity index (χ0v) is 21.9. The molecule has 0 spiro atoms. The van der Waals surface area contributed by atoms with Crippen LogP contribution in [-0.4, -0.2) is 41.4 Å². The number of carbonyl (C=O) groups is 1. The molecule has 0 aliphatic carbocycles. The lowest BCUT2D eigenvalue weighted by atomic mass is 10.0. The van der Waals surface area contributed by atoms with Crippen LogP contribution in [0.2, 0.25) is 0 Å². The highest BCUT2D eigenvalue weighted by Crippen LogP contribution is 2.33. The lowest BCUT2D eigenvalue weighted by Crippen LogP contribution is -2.55. The number of hydrogen-bond donors (Lipinski definition) is 2. The van der Waals surface area contributed by atoms with Crippen molar-refractivity contribution in [1.29, 1.82) is 5.26 Å². The monoisotopic (exact) mass is 520 g/mol. The van der Waals surface area contributed by atoms with Crippen LogP contribution in [0.4, 0.5) is 15.5 Å². The van der Waals surface area contributed by atoms with E-state index in [2.05, 4.69) is 22.8 Å². The van der Waals surface area contributed by atoms with Crippen LogP contribution in [0, 0.1) is 18.4 Å². The standard InChI is InChI=1S/C30H28N6OS/c1-22-10-8-9-15-25(22)33-29(32-21-31)35-18-19-36(26(20-35)23-11-4-2-5-12-23)30(37)34-28-17-16-27(38-28)24-13-6-3-7-14-24/h2-17,26H,18-20H2,1H3,(H,32,33)(H,34,37). The molecule has 1 aliphatic rings. The molecule has 2 heterocycles. The number of nitrogens with zero attached hydrogens (tertiary/aromatic N) is 4. The van der Waals surface area contributed by atoms with Gasteiger partial charge in [0.15, 0.2) is 6.19 Å². The summed E-state index contributed by atoms with van der Waals surface area (Å²) in [7, 11) is 0. The van der Waals surface area contributed by atoms with Gasteiger partial charge in [-0.15, -0.1) is 11.3 Å². The molecule has 2 N–H and O–H groups in total. The maximum Gasteiger partial charge on any atom is 0.323 e. The van der Waals surface area contributed by atoms with Gasteiger partial charge in [-0.05, 0) is 41.8 Å². The molecule has 1 aliphatic heterocycles. The number of aliphatic imine (C=N–C) groups is 1. The SMILES string of the molecule is Cc1ccccc1N=C(NC#N)N1CCN(C(=O)Nc2ccc(-c3ccccc3)s2)C(c2ccccc2)C1. The average molecular weight is 521 g/mol. The molecule has 7 nitrogen and oxygen atoms in total. The van der Waals surface area contributed by atoms with Crippen LogP contribution in [-0.2, 0) is 0 Å². The Morgan fingerprint density at radius 3 is 2.39 bits per heavy atom. The van der Waals surface area contributed by atoms with E-state index in [0.717, 1.165) is 32.3 Å². The second kappa shape index (κ2) is 11.6. The van der Waals surface area contributed by atoms with Crippen LogP contribution in [0.15, 0.2) is 102 Å². The molecule has 0 saturated carbocycles. The van der Waals surface area contributed by atoms with Crippen molar-refractivity contribution >= 4 is 34.0 Å². The van der Waals surface area contributed by atoms with Crippen molar-refractivity contribution in [3.05, 3.63) is 108 Å². The number of rotatable bonds is 4. The van der Waals surface area contributed by atoms with Crippen LogP contribution in [0.5, 0.6) is 0 Å². The second-order valence-corrected chi connectivity index (χ2v) is 10.1. The Morgan fingerprint density at radius 1 is 0.947 bits per heavy atom. The van der Waals surface area contributed by atoms with E-state index in [0.29, 0.717) is 25.6 Å². The molecule has 4 aromatic rings. The molecule has 2 amide bonds. The molecular weight excluding hydrogens is 492 g/mol. The Labute approximate surface area is 226 Å². The van der Waals surface area contributed by atoms with Gasteiger partial charge in [-0.25, -0.2) is 9.79 Å². The molecule has 3 aromatic carbocycles. The molecular formula is C30H28N6OS. The predicted octanol–water partition coefficient (Wildman–Crippen LogP) is 6.37. The third-order valence-corrected chi connectivity index (χ3v) is 7.58. The van der Waals surface area contributed by atoms with Gasteiger partial charge in [0, 0.05) is 24.5 Å². The van der Waals surface area contributed by atoms with Gasteiger partial charge >= 0.3 is 6.03 Å². The average Bonchev–Trinajstić information content (AvgIpc) is 3.43. The molecule has 38 heavy (non-hydrogen) atoms. The van der Waals surface area contributed by atoms with Crippen molar-refractivity contribution in [1.82, 2.24) is 15.1 Å². The molecule has 5 rings (SSSR count). The Bertz CT molecular complexity index is 1460. The fourth-order valence-corrected chi connectivity index (χ4v) is 5.45. The Morgan fingerprint density at radius 2 is 1.66 bits per heavy atom. The van der Waals surface area contributed by atoms with Gasteiger partial charge in [0.25, 0.3) is 0 Å². The Kier molecular flexibility index (Phi) is 7.67. The highest BCUT2D eigenvalue weighted by Gasteiger charge is 2.33. The van der Waals surface area contributed by atoms with Gasteiger partial charge in [0.1, 0.15) is 0 Å². The minimum atomic E-state index is -0.221. The van der Waals surface area contributed by atoms with Gasteiger partial charge < -0.3 is 9.80 Å². The lowest BCUT2D eigenvalue weighted by molar-refractivity contribution is 0.135. The van der Waals surface area contributed by atoms with Crippen LogP contribution in [0.25, 0.3) is 10.4 Å². The largest absolute Gasteiger partial charge is 0.338 e. The number of thiophene rings is 1. The number of aryl methyl sites for hydroxylation is 1. The summed E-state index contributed by atoms with van der Waals surface area (Å²) in [5.41, 5.74) is 3.97. The molecule has 1 fully saturated rings. The topological polar surface area (TPSA) is 83.8 Å². The van der Waals surface area contributed by atoms with E-state index in [4.69, 9.17) is 4.99 Å². The summed E-state index contributed by atoms with van der Waals surface area (Å²) in [4.78, 5) is 23.3. The predicted molar refractivity (Wildman–Crippen MR) is 153 cm³/mol. The zero-order valence-electron chi connectivity index (χ0n) is 21.0. The van der Waals surface area contributed by atoms with Crippen LogP contribution in [0.3, 0.4) is 0 Å². The Balaban J connectivity index is 1.38. The maximum atomic E-state index is 13.5. The number of anilines is 1. The molecule has 8 heteroatoms. The van der Waals surface area contributed by atoms with Gasteiger partial charge in [-0.1, -0.05) is 78.9 Å². The molecule has 1 unspecified atom stereocenters. The molecule has 1 aromatic heterocycles. The normalized spacial score (nSPS) is 15.6. The van der Waals surface area contributed by atoms with Crippen molar-refractivity contribution in [2.45, 2.75) is 13.0 Å². The number of hydrogen-bond acceptors (Lipinski definition) is 4. The highest BCUT2D eigenvalue weighted by molar-refractivity contribution is 7.19. The number of amides is 2. The fraction of sp³-hybridized carbons (Fsp3) is 0.167. The van der Waals surface area contributed by atoms with Crippen LogP contribution < -0.4 is 10.6 Å². The minimum Gasteiger partial charge on any atom is -0.338 e. The number of para-hydroxylation sites is 1. The molecule has 190 valence electrons. The summed E-state index contributed by atoms with van der Waals surface area (Å²) in [5.74, 6) is 0.480. The fourth-order valence-electron chi connectivity index (χ4n) is 4.55. The number of nitrogens with one attached hydrogen (secondary N) is 2. The van der Waals surface area contributed by atoms with Crippen molar-refractivity contribution in [2.24, 2.45) is 4.99 Å². The quantitative estimate of drug-likeness (QED) is 0.142. The molecule has 1 saturated heterocycles. The summed E-state index contributed by atoms with van der Waals surface area (Å²) >= 11 is 1.56. The zero-order chi connectivity index (χ0) is 26.3. The first-order chi connectivity index (χ1) is 18.6. The molecule has 1 atom stereocenters. The first-order valence-electron chi connectivity index (χ1n) is 12.4. The van der Waals surface area contributed by atoms with E-state index in [1.165, 1.54) is 0 Å². The summed E-state index contributed by atoms with van der Waals surface area (Å²) in [6.07, 6.45) is 2.03.